The van der Waals surface area contributed by atoms with Gasteiger partial charge in [0.25, 0.3) is 5.91 Å². The van der Waals surface area contributed by atoms with Crippen LogP contribution in [-0.2, 0) is 6.54 Å². The minimum Gasteiger partial charge on any atom is -0.496 e. The van der Waals surface area contributed by atoms with Crippen molar-refractivity contribution in [3.8, 4) is 11.8 Å². The Morgan fingerprint density at radius 1 is 1.12 bits per heavy atom. The van der Waals surface area contributed by atoms with Crippen molar-refractivity contribution >= 4 is 5.91 Å². The van der Waals surface area contributed by atoms with E-state index in [-0.39, 0.29) is 5.91 Å². The third-order valence-corrected chi connectivity index (χ3v) is 3.87. The first-order valence-electron chi connectivity index (χ1n) is 8.11. The second kappa shape index (κ2) is 8.86. The normalized spacial score (nSPS) is 10.4. The quantitative estimate of drug-likeness (QED) is 0.779. The number of para-hydroxylation sites is 1. The molecule has 2 rings (SSSR count). The molecule has 1 amide bonds. The van der Waals surface area contributed by atoms with E-state index in [0.717, 1.165) is 12.1 Å². The van der Waals surface area contributed by atoms with Crippen LogP contribution in [0.3, 0.4) is 0 Å². The maximum atomic E-state index is 13.1. The van der Waals surface area contributed by atoms with Gasteiger partial charge in [-0.2, -0.15) is 5.26 Å². The Hall–Kier alpha value is -2.84. The van der Waals surface area contributed by atoms with Gasteiger partial charge in [0, 0.05) is 19.6 Å². The second-order valence-electron chi connectivity index (χ2n) is 6.04. The van der Waals surface area contributed by atoms with Crippen molar-refractivity contribution in [3.05, 3.63) is 65.2 Å². The smallest absolute Gasteiger partial charge is 0.257 e. The highest BCUT2D eigenvalue weighted by molar-refractivity contribution is 5.96. The van der Waals surface area contributed by atoms with Crippen LogP contribution in [-0.4, -0.2) is 50.0 Å². The maximum Gasteiger partial charge on any atom is 0.257 e. The molecule has 0 aliphatic heterocycles. The number of likely N-dealkylation sites (N-methyl/N-ethyl adjacent to an activating group) is 1. The summed E-state index contributed by atoms with van der Waals surface area (Å²) in [5, 5.41) is 9.07. The fourth-order valence-electron chi connectivity index (χ4n) is 2.52. The Bertz CT molecular complexity index is 766. The van der Waals surface area contributed by atoms with Crippen LogP contribution in [0.1, 0.15) is 21.5 Å². The molecule has 0 heterocycles. The van der Waals surface area contributed by atoms with E-state index in [4.69, 9.17) is 10.00 Å². The Labute approximate surface area is 149 Å². The number of hydrogen-bond acceptors (Lipinski definition) is 4. The molecule has 0 unspecified atom stereocenters. The van der Waals surface area contributed by atoms with Gasteiger partial charge >= 0.3 is 0 Å². The molecule has 0 saturated heterocycles. The van der Waals surface area contributed by atoms with Crippen molar-refractivity contribution in [2.24, 2.45) is 0 Å². The van der Waals surface area contributed by atoms with E-state index in [1.165, 1.54) is 0 Å². The SMILES string of the molecule is COc1ccccc1C(=O)N(CCN(C)C)Cc1cccc(C#N)c1. The number of hydrogen-bond donors (Lipinski definition) is 0. The van der Waals surface area contributed by atoms with Gasteiger partial charge in [-0.3, -0.25) is 4.79 Å². The van der Waals surface area contributed by atoms with Gasteiger partial charge in [-0.15, -0.1) is 0 Å². The topological polar surface area (TPSA) is 56.6 Å². The molecule has 0 aromatic heterocycles. The van der Waals surface area contributed by atoms with Crippen LogP contribution in [0.5, 0.6) is 5.75 Å². The Balaban J connectivity index is 2.28. The molecule has 5 heteroatoms. The summed E-state index contributed by atoms with van der Waals surface area (Å²) >= 11 is 0. The van der Waals surface area contributed by atoms with Crippen molar-refractivity contribution in [1.29, 1.82) is 5.26 Å². The van der Waals surface area contributed by atoms with Gasteiger partial charge in [0.15, 0.2) is 0 Å². The van der Waals surface area contributed by atoms with Crippen LogP contribution in [0.4, 0.5) is 0 Å². The zero-order valence-electron chi connectivity index (χ0n) is 14.9. The molecule has 0 aliphatic carbocycles. The highest BCUT2D eigenvalue weighted by Crippen LogP contribution is 2.20. The first-order valence-corrected chi connectivity index (χ1v) is 8.11. The molecule has 2 aromatic rings. The zero-order chi connectivity index (χ0) is 18.2. The predicted octanol–water partition coefficient (Wildman–Crippen LogP) is 2.77. The second-order valence-corrected chi connectivity index (χ2v) is 6.04. The molecular weight excluding hydrogens is 314 g/mol. The monoisotopic (exact) mass is 337 g/mol. The molecule has 25 heavy (non-hydrogen) atoms. The van der Waals surface area contributed by atoms with E-state index in [1.54, 1.807) is 30.2 Å². The van der Waals surface area contributed by atoms with Crippen LogP contribution >= 0.6 is 0 Å². The number of nitrogens with zero attached hydrogens (tertiary/aromatic N) is 3. The van der Waals surface area contributed by atoms with Gasteiger partial charge in [0.1, 0.15) is 5.75 Å². The van der Waals surface area contributed by atoms with Crippen LogP contribution in [0.2, 0.25) is 0 Å². The first kappa shape index (κ1) is 18.5. The third-order valence-electron chi connectivity index (χ3n) is 3.87. The number of carbonyl (C=O) groups is 1. The lowest BCUT2D eigenvalue weighted by Gasteiger charge is -2.25. The molecule has 0 spiro atoms. The van der Waals surface area contributed by atoms with E-state index in [2.05, 4.69) is 6.07 Å². The number of carbonyl (C=O) groups excluding carboxylic acids is 1. The van der Waals surface area contributed by atoms with Gasteiger partial charge in [0.05, 0.1) is 24.3 Å². The van der Waals surface area contributed by atoms with Crippen molar-refractivity contribution in [1.82, 2.24) is 9.80 Å². The summed E-state index contributed by atoms with van der Waals surface area (Å²) in [6.45, 7) is 1.78. The fourth-order valence-corrected chi connectivity index (χ4v) is 2.52. The number of rotatable bonds is 7. The minimum atomic E-state index is -0.0818. The first-order chi connectivity index (χ1) is 12.0. The number of benzene rings is 2. The van der Waals surface area contributed by atoms with Gasteiger partial charge in [-0.1, -0.05) is 24.3 Å². The lowest BCUT2D eigenvalue weighted by atomic mass is 10.1. The van der Waals surface area contributed by atoms with E-state index >= 15 is 0 Å². The summed E-state index contributed by atoms with van der Waals surface area (Å²) in [6.07, 6.45) is 0. The molecule has 0 fully saturated rings. The van der Waals surface area contributed by atoms with Crippen molar-refractivity contribution < 1.29 is 9.53 Å². The average Bonchev–Trinajstić information content (AvgIpc) is 2.64. The summed E-state index contributed by atoms with van der Waals surface area (Å²) in [5.41, 5.74) is 2.07. The minimum absolute atomic E-state index is 0.0818. The van der Waals surface area contributed by atoms with E-state index in [0.29, 0.717) is 30.0 Å². The summed E-state index contributed by atoms with van der Waals surface area (Å²) in [7, 11) is 5.51. The predicted molar refractivity (Wildman–Crippen MR) is 97.4 cm³/mol. The van der Waals surface area contributed by atoms with Gasteiger partial charge in [0.2, 0.25) is 0 Å². The van der Waals surface area contributed by atoms with Crippen LogP contribution in [0.15, 0.2) is 48.5 Å². The molecule has 0 bridgehead atoms. The van der Waals surface area contributed by atoms with Crippen LogP contribution < -0.4 is 4.74 Å². The van der Waals surface area contributed by atoms with Gasteiger partial charge in [-0.05, 0) is 43.9 Å². The highest BCUT2D eigenvalue weighted by atomic mass is 16.5. The van der Waals surface area contributed by atoms with Crippen LogP contribution in [0.25, 0.3) is 0 Å². The Morgan fingerprint density at radius 3 is 2.56 bits per heavy atom. The molecular formula is C20H23N3O2. The summed E-state index contributed by atoms with van der Waals surface area (Å²) in [4.78, 5) is 16.9. The maximum absolute atomic E-state index is 13.1. The summed E-state index contributed by atoms with van der Waals surface area (Å²) in [6, 6.07) is 16.7. The standard InChI is InChI=1S/C20H23N3O2/c1-22(2)11-12-23(15-17-8-6-7-16(13-17)14-21)20(24)18-9-4-5-10-19(18)25-3/h4-10,13H,11-12,15H2,1-3H3. The van der Waals surface area contributed by atoms with E-state index in [9.17, 15) is 4.79 Å². The molecule has 0 N–H and O–H groups in total. The van der Waals surface area contributed by atoms with Crippen molar-refractivity contribution in [2.45, 2.75) is 6.54 Å². The average molecular weight is 337 g/mol. The van der Waals surface area contributed by atoms with Gasteiger partial charge < -0.3 is 14.5 Å². The summed E-state index contributed by atoms with van der Waals surface area (Å²) in [5.74, 6) is 0.481. The van der Waals surface area contributed by atoms with Crippen molar-refractivity contribution in [2.75, 3.05) is 34.3 Å². The highest BCUT2D eigenvalue weighted by Gasteiger charge is 2.19. The lowest BCUT2D eigenvalue weighted by molar-refractivity contribution is 0.0728. The number of nitriles is 1. The van der Waals surface area contributed by atoms with Gasteiger partial charge in [-0.25, -0.2) is 0 Å². The molecule has 0 atom stereocenters. The molecule has 0 saturated carbocycles. The Kier molecular flexibility index (Phi) is 6.55. The number of amides is 1. The van der Waals surface area contributed by atoms with Crippen LogP contribution in [0, 0.1) is 11.3 Å². The number of methoxy groups -OCH3 is 1. The molecule has 0 radical (unpaired) electrons. The molecule has 130 valence electrons. The molecule has 0 aliphatic rings. The van der Waals surface area contributed by atoms with Crippen molar-refractivity contribution in [3.63, 3.8) is 0 Å². The number of ether oxygens (including phenoxy) is 1. The lowest BCUT2D eigenvalue weighted by Crippen LogP contribution is -2.36. The zero-order valence-corrected chi connectivity index (χ0v) is 14.9. The molecule has 5 nitrogen and oxygen atoms in total. The Morgan fingerprint density at radius 2 is 1.88 bits per heavy atom. The third kappa shape index (κ3) is 5.07. The van der Waals surface area contributed by atoms with E-state index < -0.39 is 0 Å². The fraction of sp³-hybridized carbons (Fsp3) is 0.300. The van der Waals surface area contributed by atoms with E-state index in [1.807, 2.05) is 49.3 Å². The molecule has 2 aromatic carbocycles. The largest absolute Gasteiger partial charge is 0.496 e. The summed E-state index contributed by atoms with van der Waals surface area (Å²) < 4.78 is 5.33.